The molecule has 0 bridgehead atoms. The van der Waals surface area contributed by atoms with E-state index in [1.807, 2.05) is 19.9 Å². The third-order valence-corrected chi connectivity index (χ3v) is 8.95. The monoisotopic (exact) mass is 632 g/mol. The Balaban J connectivity index is 1.50. The van der Waals surface area contributed by atoms with Crippen LogP contribution in [0.4, 0.5) is 5.13 Å². The van der Waals surface area contributed by atoms with Crippen LogP contribution in [-0.4, -0.2) is 41.1 Å². The first-order valence-corrected chi connectivity index (χ1v) is 15.9. The van der Waals surface area contributed by atoms with Crippen LogP contribution < -0.4 is 19.1 Å². The van der Waals surface area contributed by atoms with Crippen molar-refractivity contribution in [1.29, 1.82) is 0 Å². The molecule has 0 saturated carbocycles. The minimum atomic E-state index is -0.974. The second kappa shape index (κ2) is 12.1. The van der Waals surface area contributed by atoms with Crippen molar-refractivity contribution in [3.8, 4) is 17.2 Å². The van der Waals surface area contributed by atoms with Gasteiger partial charge in [0.1, 0.15) is 17.6 Å². The predicted octanol–water partition coefficient (Wildman–Crippen LogP) is 7.72. The number of hydrogen-bond donors (Lipinski definition) is 1. The number of aromatic nitrogens is 1. The van der Waals surface area contributed by atoms with E-state index in [9.17, 15) is 14.7 Å². The number of amides is 1. The summed E-state index contributed by atoms with van der Waals surface area (Å²) >= 11 is 7.48. The average molecular weight is 633 g/mol. The normalized spacial score (nSPS) is 19.1. The van der Waals surface area contributed by atoms with Gasteiger partial charge < -0.3 is 19.3 Å². The highest BCUT2D eigenvalue weighted by Crippen LogP contribution is 2.46. The standard InChI is InChI=1S/C34H33ClN2O6S/c1-5-41-27-16-20(6-11-26(27)42-13-12-18(2)3)30-29(31(38)21-7-10-25-22(15-21)14-19(4)43-25)32(39)33(40)37(30)34-36-24-9-8-23(35)17-28(24)44-34/h6-11,15-19,30,38H,5,12-14H2,1-4H3/t19-,30+/m0/s1. The van der Waals surface area contributed by atoms with Crippen LogP contribution >= 0.6 is 22.9 Å². The summed E-state index contributed by atoms with van der Waals surface area (Å²) in [6.45, 7) is 9.01. The Bertz CT molecular complexity index is 1800. The van der Waals surface area contributed by atoms with E-state index >= 15 is 0 Å². The van der Waals surface area contributed by atoms with Crippen molar-refractivity contribution < 1.29 is 28.9 Å². The third-order valence-electron chi connectivity index (χ3n) is 7.70. The zero-order chi connectivity index (χ0) is 31.1. The maximum atomic E-state index is 13.8. The molecule has 8 nitrogen and oxygen atoms in total. The first kappa shape index (κ1) is 30.0. The number of thiazole rings is 1. The van der Waals surface area contributed by atoms with Gasteiger partial charge in [0.05, 0.1) is 35.0 Å². The van der Waals surface area contributed by atoms with Gasteiger partial charge in [-0.25, -0.2) is 4.98 Å². The maximum absolute atomic E-state index is 13.8. The Morgan fingerprint density at radius 1 is 1.11 bits per heavy atom. The summed E-state index contributed by atoms with van der Waals surface area (Å²) in [5.74, 6) is 0.420. The molecule has 1 aromatic heterocycles. The number of halogens is 1. The van der Waals surface area contributed by atoms with Crippen LogP contribution in [0, 0.1) is 5.92 Å². The molecule has 2 atom stereocenters. The van der Waals surface area contributed by atoms with Gasteiger partial charge >= 0.3 is 5.91 Å². The molecule has 2 aliphatic rings. The van der Waals surface area contributed by atoms with E-state index in [0.29, 0.717) is 63.8 Å². The Hall–Kier alpha value is -4.08. The lowest BCUT2D eigenvalue weighted by Crippen LogP contribution is -2.29. The average Bonchev–Trinajstić information content (AvgIpc) is 3.65. The number of carbonyl (C=O) groups excluding carboxylic acids is 2. The fourth-order valence-electron chi connectivity index (χ4n) is 5.55. The number of nitrogens with zero attached hydrogens (tertiary/aromatic N) is 2. The van der Waals surface area contributed by atoms with Crippen LogP contribution in [0.25, 0.3) is 16.0 Å². The summed E-state index contributed by atoms with van der Waals surface area (Å²) in [5.41, 5.74) is 2.54. The topological polar surface area (TPSA) is 98.2 Å². The first-order chi connectivity index (χ1) is 21.1. The molecule has 44 heavy (non-hydrogen) atoms. The number of ether oxygens (including phenoxy) is 3. The van der Waals surface area contributed by atoms with Crippen LogP contribution in [0.1, 0.15) is 56.8 Å². The highest BCUT2D eigenvalue weighted by atomic mass is 35.5. The van der Waals surface area contributed by atoms with E-state index in [4.69, 9.17) is 25.8 Å². The molecule has 1 N–H and O–H groups in total. The fraction of sp³-hybridized carbons (Fsp3) is 0.324. The van der Waals surface area contributed by atoms with Gasteiger partial charge in [0.25, 0.3) is 5.78 Å². The minimum absolute atomic E-state index is 0.0128. The molecule has 228 valence electrons. The molecular formula is C34H33ClN2O6S. The van der Waals surface area contributed by atoms with Gasteiger partial charge in [0.15, 0.2) is 16.6 Å². The van der Waals surface area contributed by atoms with E-state index in [2.05, 4.69) is 18.8 Å². The van der Waals surface area contributed by atoms with Crippen LogP contribution in [0.5, 0.6) is 17.2 Å². The molecule has 1 amide bonds. The number of aliphatic hydroxyl groups is 1. The predicted molar refractivity (Wildman–Crippen MR) is 172 cm³/mol. The highest BCUT2D eigenvalue weighted by molar-refractivity contribution is 7.22. The Labute approximate surface area is 264 Å². The molecule has 0 spiro atoms. The van der Waals surface area contributed by atoms with E-state index in [1.54, 1.807) is 48.5 Å². The van der Waals surface area contributed by atoms with E-state index in [1.165, 1.54) is 16.2 Å². The van der Waals surface area contributed by atoms with Crippen LogP contribution in [0.2, 0.25) is 5.02 Å². The fourth-order valence-corrected chi connectivity index (χ4v) is 6.81. The summed E-state index contributed by atoms with van der Waals surface area (Å²) in [6.07, 6.45) is 1.57. The molecule has 0 aliphatic carbocycles. The zero-order valence-corrected chi connectivity index (χ0v) is 26.5. The minimum Gasteiger partial charge on any atom is -0.507 e. The first-order valence-electron chi connectivity index (χ1n) is 14.7. The summed E-state index contributed by atoms with van der Waals surface area (Å²) < 4.78 is 18.6. The molecule has 1 saturated heterocycles. The Morgan fingerprint density at radius 2 is 1.93 bits per heavy atom. The maximum Gasteiger partial charge on any atom is 0.301 e. The lowest BCUT2D eigenvalue weighted by Gasteiger charge is -2.24. The number of hydrogen-bond acceptors (Lipinski definition) is 8. The lowest BCUT2D eigenvalue weighted by molar-refractivity contribution is -0.132. The second-order valence-corrected chi connectivity index (χ2v) is 12.8. The van der Waals surface area contributed by atoms with Crippen molar-refractivity contribution in [1.82, 2.24) is 4.98 Å². The number of ketones is 1. The number of fused-ring (bicyclic) bond motifs is 2. The summed E-state index contributed by atoms with van der Waals surface area (Å²) in [7, 11) is 0. The summed E-state index contributed by atoms with van der Waals surface area (Å²) in [5, 5.41) is 12.6. The van der Waals surface area contributed by atoms with Crippen LogP contribution in [-0.2, 0) is 16.0 Å². The number of benzene rings is 3. The van der Waals surface area contributed by atoms with Gasteiger partial charge in [-0.1, -0.05) is 42.9 Å². The highest BCUT2D eigenvalue weighted by Gasteiger charge is 2.48. The van der Waals surface area contributed by atoms with Crippen molar-refractivity contribution in [2.45, 2.75) is 52.7 Å². The number of carbonyl (C=O) groups is 2. The molecule has 3 heterocycles. The molecule has 4 aromatic rings. The van der Waals surface area contributed by atoms with E-state index in [-0.39, 0.29) is 17.4 Å². The molecular weight excluding hydrogens is 600 g/mol. The van der Waals surface area contributed by atoms with Gasteiger partial charge in [0.2, 0.25) is 0 Å². The van der Waals surface area contributed by atoms with E-state index < -0.39 is 17.7 Å². The van der Waals surface area contributed by atoms with Crippen molar-refractivity contribution in [2.24, 2.45) is 5.92 Å². The van der Waals surface area contributed by atoms with Gasteiger partial charge in [-0.15, -0.1) is 0 Å². The molecule has 3 aromatic carbocycles. The molecule has 1 fully saturated rings. The molecule has 6 rings (SSSR count). The largest absolute Gasteiger partial charge is 0.507 e. The van der Waals surface area contributed by atoms with Crippen LogP contribution in [0.15, 0.2) is 60.2 Å². The van der Waals surface area contributed by atoms with Crippen molar-refractivity contribution in [3.05, 3.63) is 81.9 Å². The van der Waals surface area contributed by atoms with Gasteiger partial charge in [-0.3, -0.25) is 14.5 Å². The zero-order valence-electron chi connectivity index (χ0n) is 24.9. The third kappa shape index (κ3) is 5.62. The Kier molecular flexibility index (Phi) is 8.26. The molecule has 0 unspecified atom stereocenters. The second-order valence-electron chi connectivity index (χ2n) is 11.4. The van der Waals surface area contributed by atoms with Gasteiger partial charge in [-0.05, 0) is 85.8 Å². The molecule has 2 aliphatic heterocycles. The SMILES string of the molecule is CCOc1cc([C@@H]2C(=C(O)c3ccc4c(c3)C[C@H](C)O4)C(=O)C(=O)N2c2nc3ccc(Cl)cc3s2)ccc1OCCC(C)C. The smallest absolute Gasteiger partial charge is 0.301 e. The van der Waals surface area contributed by atoms with Crippen LogP contribution in [0.3, 0.4) is 0 Å². The number of anilines is 1. The summed E-state index contributed by atoms with van der Waals surface area (Å²) in [4.78, 5) is 33.6. The molecule has 10 heteroatoms. The number of rotatable bonds is 9. The van der Waals surface area contributed by atoms with Crippen molar-refractivity contribution in [2.75, 3.05) is 18.1 Å². The van der Waals surface area contributed by atoms with E-state index in [0.717, 1.165) is 22.4 Å². The number of aliphatic hydroxyl groups excluding tert-OH is 1. The van der Waals surface area contributed by atoms with Gasteiger partial charge in [0, 0.05) is 17.0 Å². The van der Waals surface area contributed by atoms with Crippen molar-refractivity contribution >= 4 is 55.7 Å². The number of Topliss-reactive ketones (excluding diaryl/α,β-unsaturated/α-hetero) is 1. The quantitative estimate of drug-likeness (QED) is 0.115. The van der Waals surface area contributed by atoms with Crippen molar-refractivity contribution in [3.63, 3.8) is 0 Å². The van der Waals surface area contributed by atoms with Gasteiger partial charge in [-0.2, -0.15) is 0 Å². The molecule has 0 radical (unpaired) electrons. The lowest BCUT2D eigenvalue weighted by atomic mass is 9.94. The Morgan fingerprint density at radius 3 is 2.70 bits per heavy atom. The summed E-state index contributed by atoms with van der Waals surface area (Å²) in [6, 6.07) is 15.0.